The standard InChI is InChI=1S/C14H22N2O3/c1-4-5-14(6-7-14)8-16-12(18)10(9(2)3)11(17)15-13(16)19/h9,18H,4-8H2,1-3H3,(H,15,17,19). The fourth-order valence-corrected chi connectivity index (χ4v) is 2.77. The van der Waals surface area contributed by atoms with Crippen LogP contribution in [0.15, 0.2) is 9.59 Å². The Morgan fingerprint density at radius 1 is 1.37 bits per heavy atom. The molecule has 106 valence electrons. The third-order valence-electron chi connectivity index (χ3n) is 4.02. The second-order valence-corrected chi connectivity index (χ2v) is 5.99. The molecule has 1 aromatic rings. The monoisotopic (exact) mass is 266 g/mol. The molecule has 1 saturated carbocycles. The van der Waals surface area contributed by atoms with E-state index < -0.39 is 11.2 Å². The van der Waals surface area contributed by atoms with Crippen molar-refractivity contribution in [1.29, 1.82) is 0 Å². The molecule has 19 heavy (non-hydrogen) atoms. The van der Waals surface area contributed by atoms with Gasteiger partial charge in [0.05, 0.1) is 5.56 Å². The molecule has 0 radical (unpaired) electrons. The van der Waals surface area contributed by atoms with E-state index in [2.05, 4.69) is 11.9 Å². The fraction of sp³-hybridized carbons (Fsp3) is 0.714. The summed E-state index contributed by atoms with van der Waals surface area (Å²) in [6, 6.07) is 0. The lowest BCUT2D eigenvalue weighted by Crippen LogP contribution is -2.34. The lowest BCUT2D eigenvalue weighted by molar-refractivity contribution is 0.325. The first-order chi connectivity index (χ1) is 8.90. The number of nitrogens with one attached hydrogen (secondary N) is 1. The van der Waals surface area contributed by atoms with Crippen molar-refractivity contribution in [2.24, 2.45) is 5.41 Å². The maximum atomic E-state index is 11.9. The van der Waals surface area contributed by atoms with Crippen molar-refractivity contribution in [2.75, 3.05) is 0 Å². The van der Waals surface area contributed by atoms with Crippen LogP contribution in [0.2, 0.25) is 0 Å². The number of nitrogens with zero attached hydrogens (tertiary/aromatic N) is 1. The van der Waals surface area contributed by atoms with Gasteiger partial charge in [-0.3, -0.25) is 14.3 Å². The largest absolute Gasteiger partial charge is 0.494 e. The quantitative estimate of drug-likeness (QED) is 0.855. The lowest BCUT2D eigenvalue weighted by atomic mass is 10.0. The summed E-state index contributed by atoms with van der Waals surface area (Å²) >= 11 is 0. The molecule has 2 rings (SSSR count). The van der Waals surface area contributed by atoms with Gasteiger partial charge in [0.2, 0.25) is 5.88 Å². The molecule has 1 aliphatic carbocycles. The number of hydrogen-bond donors (Lipinski definition) is 2. The number of aromatic amines is 1. The number of aromatic nitrogens is 2. The average molecular weight is 266 g/mol. The molecule has 1 aromatic heterocycles. The number of rotatable bonds is 5. The molecule has 0 saturated heterocycles. The fourth-order valence-electron chi connectivity index (χ4n) is 2.77. The van der Waals surface area contributed by atoms with E-state index in [0.29, 0.717) is 12.1 Å². The summed E-state index contributed by atoms with van der Waals surface area (Å²) in [5.74, 6) is -0.275. The van der Waals surface area contributed by atoms with Crippen LogP contribution in [0.1, 0.15) is 57.9 Å². The van der Waals surface area contributed by atoms with E-state index >= 15 is 0 Å². The van der Waals surface area contributed by atoms with Crippen LogP contribution < -0.4 is 11.2 Å². The Kier molecular flexibility index (Phi) is 3.56. The smallest absolute Gasteiger partial charge is 0.331 e. The van der Waals surface area contributed by atoms with Crippen LogP contribution in [0.25, 0.3) is 0 Å². The summed E-state index contributed by atoms with van der Waals surface area (Å²) in [5, 5.41) is 10.2. The second-order valence-electron chi connectivity index (χ2n) is 5.99. The van der Waals surface area contributed by atoms with Crippen LogP contribution in [-0.2, 0) is 6.54 Å². The molecule has 0 aliphatic heterocycles. The molecule has 1 fully saturated rings. The van der Waals surface area contributed by atoms with Crippen molar-refractivity contribution in [1.82, 2.24) is 9.55 Å². The summed E-state index contributed by atoms with van der Waals surface area (Å²) in [6.45, 7) is 6.28. The Bertz CT molecular complexity index is 579. The second kappa shape index (κ2) is 4.87. The molecule has 0 aromatic carbocycles. The van der Waals surface area contributed by atoms with Gasteiger partial charge >= 0.3 is 5.69 Å². The highest BCUT2D eigenvalue weighted by molar-refractivity contribution is 5.26. The van der Waals surface area contributed by atoms with Gasteiger partial charge in [-0.1, -0.05) is 27.2 Å². The highest BCUT2D eigenvalue weighted by Crippen LogP contribution is 2.51. The lowest BCUT2D eigenvalue weighted by Gasteiger charge is -2.18. The van der Waals surface area contributed by atoms with Gasteiger partial charge in [0.15, 0.2) is 0 Å². The minimum atomic E-state index is -0.505. The van der Waals surface area contributed by atoms with Crippen LogP contribution in [0.3, 0.4) is 0 Å². The van der Waals surface area contributed by atoms with Crippen molar-refractivity contribution >= 4 is 0 Å². The minimum absolute atomic E-state index is 0.114. The highest BCUT2D eigenvalue weighted by Gasteiger charge is 2.42. The van der Waals surface area contributed by atoms with Crippen molar-refractivity contribution in [3.63, 3.8) is 0 Å². The minimum Gasteiger partial charge on any atom is -0.494 e. The van der Waals surface area contributed by atoms with Crippen molar-refractivity contribution < 1.29 is 5.11 Å². The van der Waals surface area contributed by atoms with E-state index in [1.807, 2.05) is 13.8 Å². The maximum Gasteiger partial charge on any atom is 0.331 e. The first-order valence-electron chi connectivity index (χ1n) is 6.96. The van der Waals surface area contributed by atoms with Gasteiger partial charge < -0.3 is 5.11 Å². The van der Waals surface area contributed by atoms with Crippen LogP contribution in [0.5, 0.6) is 5.88 Å². The third-order valence-corrected chi connectivity index (χ3v) is 4.02. The third kappa shape index (κ3) is 2.60. The summed E-state index contributed by atoms with van der Waals surface area (Å²) in [5.41, 5.74) is -0.544. The number of aromatic hydroxyl groups is 1. The van der Waals surface area contributed by atoms with Gasteiger partial charge in [0, 0.05) is 6.54 Å². The number of hydrogen-bond acceptors (Lipinski definition) is 3. The average Bonchev–Trinajstić information content (AvgIpc) is 3.04. The van der Waals surface area contributed by atoms with Crippen molar-refractivity contribution in [3.8, 4) is 5.88 Å². The SMILES string of the molecule is CCCC1(Cn2c(O)c(C(C)C)c(=O)[nH]c2=O)CC1. The molecular weight excluding hydrogens is 244 g/mol. The van der Waals surface area contributed by atoms with E-state index in [1.54, 1.807) is 0 Å². The Morgan fingerprint density at radius 3 is 2.47 bits per heavy atom. The molecule has 0 amide bonds. The van der Waals surface area contributed by atoms with Crippen LogP contribution >= 0.6 is 0 Å². The Morgan fingerprint density at radius 2 is 2.00 bits per heavy atom. The van der Waals surface area contributed by atoms with Gasteiger partial charge in [-0.15, -0.1) is 0 Å². The normalized spacial score (nSPS) is 16.8. The summed E-state index contributed by atoms with van der Waals surface area (Å²) < 4.78 is 1.33. The van der Waals surface area contributed by atoms with Gasteiger partial charge in [-0.05, 0) is 30.6 Å². The van der Waals surface area contributed by atoms with E-state index in [-0.39, 0.29) is 17.2 Å². The zero-order valence-electron chi connectivity index (χ0n) is 11.8. The van der Waals surface area contributed by atoms with Crippen LogP contribution in [0.4, 0.5) is 0 Å². The Hall–Kier alpha value is -1.52. The molecule has 0 bridgehead atoms. The zero-order chi connectivity index (χ0) is 14.2. The molecule has 0 atom stereocenters. The molecule has 0 spiro atoms. The van der Waals surface area contributed by atoms with Gasteiger partial charge in [0.1, 0.15) is 0 Å². The van der Waals surface area contributed by atoms with Crippen molar-refractivity contribution in [3.05, 3.63) is 26.4 Å². The molecule has 1 heterocycles. The first-order valence-corrected chi connectivity index (χ1v) is 6.96. The van der Waals surface area contributed by atoms with E-state index in [9.17, 15) is 14.7 Å². The summed E-state index contributed by atoms with van der Waals surface area (Å²) in [4.78, 5) is 25.9. The first kappa shape index (κ1) is 13.9. The molecular formula is C14H22N2O3. The molecule has 5 nitrogen and oxygen atoms in total. The van der Waals surface area contributed by atoms with Gasteiger partial charge in [-0.25, -0.2) is 4.79 Å². The Balaban J connectivity index is 2.44. The molecule has 0 unspecified atom stereocenters. The highest BCUT2D eigenvalue weighted by atomic mass is 16.3. The van der Waals surface area contributed by atoms with Gasteiger partial charge in [-0.2, -0.15) is 0 Å². The van der Waals surface area contributed by atoms with E-state index in [0.717, 1.165) is 25.7 Å². The predicted molar refractivity (Wildman–Crippen MR) is 73.7 cm³/mol. The van der Waals surface area contributed by atoms with Crippen LogP contribution in [0, 0.1) is 5.41 Å². The molecule has 1 aliphatic rings. The summed E-state index contributed by atoms with van der Waals surface area (Å²) in [6.07, 6.45) is 4.29. The molecule has 2 N–H and O–H groups in total. The van der Waals surface area contributed by atoms with E-state index in [4.69, 9.17) is 0 Å². The zero-order valence-corrected chi connectivity index (χ0v) is 11.8. The summed E-state index contributed by atoms with van der Waals surface area (Å²) in [7, 11) is 0. The van der Waals surface area contributed by atoms with Gasteiger partial charge in [0.25, 0.3) is 5.56 Å². The number of H-pyrrole nitrogens is 1. The predicted octanol–water partition coefficient (Wildman–Crippen LogP) is 1.95. The van der Waals surface area contributed by atoms with Crippen LogP contribution in [-0.4, -0.2) is 14.7 Å². The van der Waals surface area contributed by atoms with E-state index in [1.165, 1.54) is 4.57 Å². The topological polar surface area (TPSA) is 75.1 Å². The molecule has 5 heteroatoms. The maximum absolute atomic E-state index is 11.9. The Labute approximate surface area is 112 Å². The van der Waals surface area contributed by atoms with Crippen molar-refractivity contribution in [2.45, 2.75) is 58.9 Å².